The van der Waals surface area contributed by atoms with Gasteiger partial charge in [-0.3, -0.25) is 19.7 Å². The molecule has 0 bridgehead atoms. The molecule has 1 heterocycles. The summed E-state index contributed by atoms with van der Waals surface area (Å²) < 4.78 is 26.5. The fourth-order valence-electron chi connectivity index (χ4n) is 3.53. The summed E-state index contributed by atoms with van der Waals surface area (Å²) >= 11 is 1.22. The van der Waals surface area contributed by atoms with E-state index in [9.17, 15) is 28.5 Å². The van der Waals surface area contributed by atoms with Gasteiger partial charge in [0.25, 0.3) is 11.6 Å². The Morgan fingerprint density at radius 3 is 2.15 bits per heavy atom. The van der Waals surface area contributed by atoms with Gasteiger partial charge in [0.2, 0.25) is 5.91 Å². The van der Waals surface area contributed by atoms with Crippen molar-refractivity contribution in [2.45, 2.75) is 19.6 Å². The SMILES string of the molecule is O=C(NCc1ccc(F)cc1)c1csc(CN(Cc2ccc(F)cc2)C(=O)/C=C/c2ccc([N+](=O)[O-])cc2)n1. The highest BCUT2D eigenvalue weighted by Gasteiger charge is 2.17. The summed E-state index contributed by atoms with van der Waals surface area (Å²) in [7, 11) is 0. The Labute approximate surface area is 226 Å². The fourth-order valence-corrected chi connectivity index (χ4v) is 4.32. The van der Waals surface area contributed by atoms with Gasteiger partial charge >= 0.3 is 0 Å². The Bertz CT molecular complexity index is 1490. The molecule has 0 saturated heterocycles. The van der Waals surface area contributed by atoms with Crippen LogP contribution < -0.4 is 5.32 Å². The second-order valence-corrected chi connectivity index (χ2v) is 9.38. The highest BCUT2D eigenvalue weighted by molar-refractivity contribution is 7.09. The molecule has 8 nitrogen and oxygen atoms in total. The molecule has 1 aromatic heterocycles. The number of amides is 2. The van der Waals surface area contributed by atoms with Crippen molar-refractivity contribution in [2.24, 2.45) is 0 Å². The van der Waals surface area contributed by atoms with E-state index < -0.39 is 16.6 Å². The molecule has 0 saturated carbocycles. The lowest BCUT2D eigenvalue weighted by Gasteiger charge is -2.20. The number of carbonyl (C=O) groups is 2. The standard InChI is InChI=1S/C28H22F2N4O4S/c29-22-8-1-20(2-9-22)15-31-28(36)25-18-39-26(32-25)17-33(16-21-3-10-23(30)11-4-21)27(35)14-7-19-5-12-24(13-6-19)34(37)38/h1-14,18H,15-17H2,(H,31,36)/b14-7+. The molecule has 4 aromatic rings. The molecule has 0 atom stereocenters. The van der Waals surface area contributed by atoms with Crippen LogP contribution in [0.3, 0.4) is 0 Å². The van der Waals surface area contributed by atoms with E-state index >= 15 is 0 Å². The third-order valence-corrected chi connectivity index (χ3v) is 6.43. The molecule has 0 aliphatic heterocycles. The van der Waals surface area contributed by atoms with Crippen LogP contribution in [0, 0.1) is 21.7 Å². The quantitative estimate of drug-likeness (QED) is 0.160. The van der Waals surface area contributed by atoms with Crippen molar-refractivity contribution in [1.82, 2.24) is 15.2 Å². The molecule has 4 rings (SSSR count). The molecule has 39 heavy (non-hydrogen) atoms. The van der Waals surface area contributed by atoms with Crippen LogP contribution in [0.4, 0.5) is 14.5 Å². The Hall–Kier alpha value is -4.77. The van der Waals surface area contributed by atoms with Crippen LogP contribution in [0.15, 0.2) is 84.3 Å². The van der Waals surface area contributed by atoms with E-state index in [1.165, 1.54) is 70.8 Å². The second-order valence-electron chi connectivity index (χ2n) is 8.44. The largest absolute Gasteiger partial charge is 0.347 e. The van der Waals surface area contributed by atoms with Gasteiger partial charge in [0.1, 0.15) is 22.3 Å². The van der Waals surface area contributed by atoms with Gasteiger partial charge in [-0.2, -0.15) is 0 Å². The number of aromatic nitrogens is 1. The Kier molecular flexibility index (Phi) is 8.85. The first-order valence-corrected chi connectivity index (χ1v) is 12.6. The maximum atomic E-state index is 13.4. The third-order valence-electron chi connectivity index (χ3n) is 5.60. The van der Waals surface area contributed by atoms with Crippen LogP contribution in [0.5, 0.6) is 0 Å². The number of nitro groups is 1. The maximum absolute atomic E-state index is 13.4. The van der Waals surface area contributed by atoms with E-state index in [0.717, 1.165) is 5.56 Å². The van der Waals surface area contributed by atoms with Gasteiger partial charge in [-0.25, -0.2) is 13.8 Å². The molecule has 3 aromatic carbocycles. The van der Waals surface area contributed by atoms with E-state index in [1.807, 2.05) is 0 Å². The Morgan fingerprint density at radius 1 is 0.923 bits per heavy atom. The van der Waals surface area contributed by atoms with Crippen LogP contribution in [0.25, 0.3) is 6.08 Å². The van der Waals surface area contributed by atoms with E-state index in [0.29, 0.717) is 16.1 Å². The minimum absolute atomic E-state index is 0.0577. The van der Waals surface area contributed by atoms with Crippen LogP contribution >= 0.6 is 11.3 Å². The summed E-state index contributed by atoms with van der Waals surface area (Å²) in [5.74, 6) is -1.53. The van der Waals surface area contributed by atoms with Crippen molar-refractivity contribution >= 4 is 34.9 Å². The van der Waals surface area contributed by atoms with Crippen LogP contribution in [0.2, 0.25) is 0 Å². The minimum atomic E-state index is -0.506. The summed E-state index contributed by atoms with van der Waals surface area (Å²) in [5, 5.41) is 15.7. The summed E-state index contributed by atoms with van der Waals surface area (Å²) in [6, 6.07) is 17.3. The summed E-state index contributed by atoms with van der Waals surface area (Å²) in [5.41, 5.74) is 2.16. The molecule has 11 heteroatoms. The molecule has 0 aliphatic rings. The number of non-ortho nitro benzene ring substituents is 1. The highest BCUT2D eigenvalue weighted by Crippen LogP contribution is 2.17. The first-order valence-electron chi connectivity index (χ1n) is 11.7. The molecule has 0 unspecified atom stereocenters. The zero-order valence-electron chi connectivity index (χ0n) is 20.4. The number of thiazole rings is 1. The lowest BCUT2D eigenvalue weighted by molar-refractivity contribution is -0.384. The topological polar surface area (TPSA) is 105 Å². The highest BCUT2D eigenvalue weighted by atomic mass is 32.1. The fraction of sp³-hybridized carbons (Fsp3) is 0.107. The minimum Gasteiger partial charge on any atom is -0.347 e. The molecule has 0 spiro atoms. The van der Waals surface area contributed by atoms with E-state index in [2.05, 4.69) is 10.3 Å². The monoisotopic (exact) mass is 548 g/mol. The number of nitrogens with one attached hydrogen (secondary N) is 1. The van der Waals surface area contributed by atoms with Gasteiger partial charge in [0.15, 0.2) is 0 Å². The average Bonchev–Trinajstić information content (AvgIpc) is 3.41. The lowest BCUT2D eigenvalue weighted by Crippen LogP contribution is -2.28. The van der Waals surface area contributed by atoms with Crippen LogP contribution in [-0.4, -0.2) is 26.6 Å². The second kappa shape index (κ2) is 12.7. The zero-order chi connectivity index (χ0) is 27.8. The van der Waals surface area contributed by atoms with E-state index in [4.69, 9.17) is 0 Å². The third kappa shape index (κ3) is 7.86. The van der Waals surface area contributed by atoms with Gasteiger partial charge in [0, 0.05) is 36.7 Å². The van der Waals surface area contributed by atoms with Gasteiger partial charge in [-0.1, -0.05) is 24.3 Å². The predicted octanol–water partition coefficient (Wildman–Crippen LogP) is 5.50. The molecule has 0 radical (unpaired) electrons. The number of nitrogens with zero attached hydrogens (tertiary/aromatic N) is 3. The number of rotatable bonds is 10. The first kappa shape index (κ1) is 27.3. The van der Waals surface area contributed by atoms with Crippen molar-refractivity contribution in [3.05, 3.63) is 133 Å². The van der Waals surface area contributed by atoms with Crippen molar-refractivity contribution < 1.29 is 23.3 Å². The number of benzene rings is 3. The molecule has 198 valence electrons. The molecule has 1 N–H and O–H groups in total. The molecular formula is C28H22F2N4O4S. The molecule has 2 amide bonds. The van der Waals surface area contributed by atoms with Gasteiger partial charge in [-0.15, -0.1) is 11.3 Å². The van der Waals surface area contributed by atoms with Gasteiger partial charge < -0.3 is 10.2 Å². The van der Waals surface area contributed by atoms with Crippen molar-refractivity contribution in [2.75, 3.05) is 0 Å². The Balaban J connectivity index is 1.45. The number of hydrogen-bond donors (Lipinski definition) is 1. The number of halogens is 2. The molecule has 0 fully saturated rings. The van der Waals surface area contributed by atoms with E-state index in [-0.39, 0.29) is 42.7 Å². The number of carbonyl (C=O) groups excluding carboxylic acids is 2. The summed E-state index contributed by atoms with van der Waals surface area (Å²) in [4.78, 5) is 41.9. The summed E-state index contributed by atoms with van der Waals surface area (Å²) in [6.45, 7) is 0.459. The normalized spacial score (nSPS) is 10.9. The number of hydrogen-bond acceptors (Lipinski definition) is 6. The molecular weight excluding hydrogens is 526 g/mol. The molecule has 0 aliphatic carbocycles. The van der Waals surface area contributed by atoms with E-state index in [1.54, 1.807) is 35.7 Å². The zero-order valence-corrected chi connectivity index (χ0v) is 21.2. The smallest absolute Gasteiger partial charge is 0.271 e. The first-order chi connectivity index (χ1) is 18.8. The van der Waals surface area contributed by atoms with Crippen molar-refractivity contribution in [3.63, 3.8) is 0 Å². The maximum Gasteiger partial charge on any atom is 0.271 e. The number of nitro benzene ring substituents is 1. The Morgan fingerprint density at radius 2 is 1.54 bits per heavy atom. The van der Waals surface area contributed by atoms with Gasteiger partial charge in [-0.05, 0) is 59.2 Å². The summed E-state index contributed by atoms with van der Waals surface area (Å²) in [6.07, 6.45) is 2.88. The lowest BCUT2D eigenvalue weighted by atomic mass is 10.2. The predicted molar refractivity (Wildman–Crippen MR) is 142 cm³/mol. The van der Waals surface area contributed by atoms with Crippen LogP contribution in [-0.2, 0) is 24.4 Å². The van der Waals surface area contributed by atoms with Crippen molar-refractivity contribution in [3.8, 4) is 0 Å². The van der Waals surface area contributed by atoms with Crippen molar-refractivity contribution in [1.29, 1.82) is 0 Å². The average molecular weight is 549 g/mol. The van der Waals surface area contributed by atoms with Crippen LogP contribution in [0.1, 0.15) is 32.2 Å². The van der Waals surface area contributed by atoms with Gasteiger partial charge in [0.05, 0.1) is 11.5 Å².